The predicted molar refractivity (Wildman–Crippen MR) is 93.3 cm³/mol. The number of rotatable bonds is 4. The molecule has 21 heavy (non-hydrogen) atoms. The van der Waals surface area contributed by atoms with E-state index in [4.69, 9.17) is 11.6 Å². The van der Waals surface area contributed by atoms with Crippen molar-refractivity contribution in [3.63, 3.8) is 0 Å². The molecule has 1 fully saturated rings. The van der Waals surface area contributed by atoms with Gasteiger partial charge in [0.05, 0.1) is 0 Å². The van der Waals surface area contributed by atoms with Crippen LogP contribution in [0, 0.1) is 5.92 Å². The Morgan fingerprint density at radius 2 is 2.29 bits per heavy atom. The third-order valence-electron chi connectivity index (χ3n) is 3.70. The number of hydrogen-bond acceptors (Lipinski definition) is 2. The maximum Gasteiger partial charge on any atom is 0.223 e. The third-order valence-corrected chi connectivity index (χ3v) is 4.70. The molecule has 118 valence electrons. The Morgan fingerprint density at radius 1 is 1.52 bits per heavy atom. The molecule has 1 aliphatic rings. The summed E-state index contributed by atoms with van der Waals surface area (Å²) in [6.07, 6.45) is 2.64. The zero-order valence-electron chi connectivity index (χ0n) is 12.0. The van der Waals surface area contributed by atoms with Crippen molar-refractivity contribution >= 4 is 45.8 Å². The van der Waals surface area contributed by atoms with Gasteiger partial charge in [0.1, 0.15) is 0 Å². The molecule has 1 amide bonds. The van der Waals surface area contributed by atoms with E-state index < -0.39 is 0 Å². The number of halogens is 3. The number of piperidine rings is 1. The highest BCUT2D eigenvalue weighted by Crippen LogP contribution is 2.21. The Kier molecular flexibility index (Phi) is 8.03. The number of hydrogen-bond donors (Lipinski definition) is 2. The topological polar surface area (TPSA) is 41.1 Å². The van der Waals surface area contributed by atoms with Gasteiger partial charge in [-0.05, 0) is 56.5 Å². The summed E-state index contributed by atoms with van der Waals surface area (Å²) in [4.78, 5) is 12.1. The van der Waals surface area contributed by atoms with E-state index in [0.717, 1.165) is 40.9 Å². The lowest BCUT2D eigenvalue weighted by atomic mass is 9.92. The second-order valence-corrected chi connectivity index (χ2v) is 6.64. The van der Waals surface area contributed by atoms with Crippen LogP contribution in [0.1, 0.15) is 25.3 Å². The van der Waals surface area contributed by atoms with Crippen molar-refractivity contribution in [2.24, 2.45) is 5.92 Å². The van der Waals surface area contributed by atoms with Crippen LogP contribution in [0.2, 0.25) is 5.02 Å². The molecule has 1 aliphatic heterocycles. The van der Waals surface area contributed by atoms with E-state index in [-0.39, 0.29) is 24.2 Å². The first kappa shape index (κ1) is 18.8. The molecule has 1 aromatic rings. The van der Waals surface area contributed by atoms with Crippen molar-refractivity contribution in [3.8, 4) is 0 Å². The predicted octanol–water partition coefficient (Wildman–Crippen LogP) is 3.57. The Hall–Kier alpha value is -0.290. The molecule has 0 bridgehead atoms. The van der Waals surface area contributed by atoms with Gasteiger partial charge < -0.3 is 10.6 Å². The Balaban J connectivity index is 0.00000220. The molecule has 2 atom stereocenters. The Labute approximate surface area is 145 Å². The molecule has 0 aromatic heterocycles. The van der Waals surface area contributed by atoms with E-state index in [0.29, 0.717) is 12.6 Å². The summed E-state index contributed by atoms with van der Waals surface area (Å²) in [6.45, 7) is 3.71. The highest BCUT2D eigenvalue weighted by atomic mass is 79.9. The molecule has 2 rings (SSSR count). The lowest BCUT2D eigenvalue weighted by molar-refractivity contribution is -0.126. The average Bonchev–Trinajstić information content (AvgIpc) is 2.42. The lowest BCUT2D eigenvalue weighted by Crippen LogP contribution is -2.42. The van der Waals surface area contributed by atoms with Crippen molar-refractivity contribution in [2.45, 2.75) is 32.2 Å². The normalized spacial score (nSPS) is 21.5. The molecule has 2 N–H and O–H groups in total. The molecule has 1 saturated heterocycles. The van der Waals surface area contributed by atoms with Crippen molar-refractivity contribution < 1.29 is 4.79 Å². The fourth-order valence-electron chi connectivity index (χ4n) is 2.57. The minimum atomic E-state index is 0. The van der Waals surface area contributed by atoms with Gasteiger partial charge in [0.2, 0.25) is 5.91 Å². The van der Waals surface area contributed by atoms with Gasteiger partial charge in [-0.25, -0.2) is 0 Å². The summed E-state index contributed by atoms with van der Waals surface area (Å²) in [6, 6.07) is 6.16. The Bertz CT molecular complexity index is 485. The van der Waals surface area contributed by atoms with E-state index in [1.165, 1.54) is 0 Å². The first-order chi connectivity index (χ1) is 9.56. The third kappa shape index (κ3) is 5.78. The summed E-state index contributed by atoms with van der Waals surface area (Å²) >= 11 is 9.48. The largest absolute Gasteiger partial charge is 0.356 e. The smallest absolute Gasteiger partial charge is 0.223 e. The highest BCUT2D eigenvalue weighted by Gasteiger charge is 2.24. The molecule has 3 nitrogen and oxygen atoms in total. The summed E-state index contributed by atoms with van der Waals surface area (Å²) in [5.74, 6) is 0.325. The minimum Gasteiger partial charge on any atom is -0.356 e. The maximum atomic E-state index is 12.1. The van der Waals surface area contributed by atoms with E-state index in [2.05, 4.69) is 33.5 Å². The van der Waals surface area contributed by atoms with Gasteiger partial charge >= 0.3 is 0 Å². The van der Waals surface area contributed by atoms with Gasteiger partial charge in [-0.2, -0.15) is 0 Å². The van der Waals surface area contributed by atoms with Crippen molar-refractivity contribution in [3.05, 3.63) is 33.3 Å². The van der Waals surface area contributed by atoms with E-state index in [1.807, 2.05) is 18.2 Å². The quantitative estimate of drug-likeness (QED) is 0.817. The van der Waals surface area contributed by atoms with Crippen LogP contribution in [0.3, 0.4) is 0 Å². The van der Waals surface area contributed by atoms with Gasteiger partial charge in [-0.1, -0.05) is 27.5 Å². The van der Waals surface area contributed by atoms with Crippen LogP contribution < -0.4 is 10.6 Å². The SMILES string of the molecule is C[C@H]1C[C@@H](C(=O)NCCc2cc(Cl)ccc2Br)CCN1.Cl. The van der Waals surface area contributed by atoms with Gasteiger partial charge in [0.25, 0.3) is 0 Å². The molecule has 0 radical (unpaired) electrons. The number of carbonyl (C=O) groups is 1. The summed E-state index contributed by atoms with van der Waals surface area (Å²) < 4.78 is 1.03. The van der Waals surface area contributed by atoms with E-state index >= 15 is 0 Å². The molecule has 1 heterocycles. The highest BCUT2D eigenvalue weighted by molar-refractivity contribution is 9.10. The van der Waals surface area contributed by atoms with Crippen molar-refractivity contribution in [1.29, 1.82) is 0 Å². The number of carbonyl (C=O) groups excluding carboxylic acids is 1. The van der Waals surface area contributed by atoms with Gasteiger partial charge in [-0.3, -0.25) is 4.79 Å². The van der Waals surface area contributed by atoms with Crippen molar-refractivity contribution in [2.75, 3.05) is 13.1 Å². The fourth-order valence-corrected chi connectivity index (χ4v) is 3.21. The maximum absolute atomic E-state index is 12.1. The minimum absolute atomic E-state index is 0. The standard InChI is InChI=1S/C15H20BrClN2O.ClH/c1-10-8-12(5-6-18-10)15(20)19-7-4-11-9-13(17)2-3-14(11)16;/h2-3,9-10,12,18H,4-8H2,1H3,(H,19,20);1H/t10-,12-;/m0./s1. The molecular formula is C15H21BrCl2N2O. The average molecular weight is 396 g/mol. The van der Waals surface area contributed by atoms with Crippen LogP contribution >= 0.6 is 39.9 Å². The zero-order chi connectivity index (χ0) is 14.5. The van der Waals surface area contributed by atoms with Crippen molar-refractivity contribution in [1.82, 2.24) is 10.6 Å². The summed E-state index contributed by atoms with van der Waals surface area (Å²) in [5.41, 5.74) is 1.12. The first-order valence-electron chi connectivity index (χ1n) is 7.01. The molecule has 1 aromatic carbocycles. The Morgan fingerprint density at radius 3 is 3.00 bits per heavy atom. The molecule has 0 spiro atoms. The first-order valence-corrected chi connectivity index (χ1v) is 8.18. The van der Waals surface area contributed by atoms with Crippen LogP contribution in [0.4, 0.5) is 0 Å². The second-order valence-electron chi connectivity index (χ2n) is 5.35. The van der Waals surface area contributed by atoms with E-state index in [9.17, 15) is 4.79 Å². The molecule has 6 heteroatoms. The number of nitrogens with one attached hydrogen (secondary N) is 2. The van der Waals surface area contributed by atoms with Crippen LogP contribution in [0.15, 0.2) is 22.7 Å². The van der Waals surface area contributed by atoms with Gasteiger partial charge in [0, 0.05) is 28.0 Å². The molecule has 0 unspecified atom stereocenters. The summed E-state index contributed by atoms with van der Waals surface area (Å²) in [5, 5.41) is 7.12. The van der Waals surface area contributed by atoms with Crippen LogP contribution in [0.25, 0.3) is 0 Å². The van der Waals surface area contributed by atoms with Crippen LogP contribution in [-0.2, 0) is 11.2 Å². The molecule has 0 saturated carbocycles. The number of amides is 1. The van der Waals surface area contributed by atoms with Crippen LogP contribution in [-0.4, -0.2) is 25.0 Å². The van der Waals surface area contributed by atoms with Gasteiger partial charge in [0.15, 0.2) is 0 Å². The molecular weight excluding hydrogens is 375 g/mol. The second kappa shape index (κ2) is 8.99. The zero-order valence-corrected chi connectivity index (χ0v) is 15.2. The number of benzene rings is 1. The molecule has 0 aliphatic carbocycles. The lowest BCUT2D eigenvalue weighted by Gasteiger charge is -2.27. The van der Waals surface area contributed by atoms with Crippen LogP contribution in [0.5, 0.6) is 0 Å². The monoisotopic (exact) mass is 394 g/mol. The van der Waals surface area contributed by atoms with Gasteiger partial charge in [-0.15, -0.1) is 12.4 Å². The van der Waals surface area contributed by atoms with E-state index in [1.54, 1.807) is 0 Å². The summed E-state index contributed by atoms with van der Waals surface area (Å²) in [7, 11) is 0. The fraction of sp³-hybridized carbons (Fsp3) is 0.533.